The minimum atomic E-state index is 0.480. The lowest BCUT2D eigenvalue weighted by atomic mass is 10.2. The monoisotopic (exact) mass is 253 g/mol. The van der Waals surface area contributed by atoms with Crippen molar-refractivity contribution in [1.29, 1.82) is 0 Å². The van der Waals surface area contributed by atoms with Gasteiger partial charge < -0.3 is 10.5 Å². The quantitative estimate of drug-likeness (QED) is 0.764. The molecule has 0 aliphatic rings. The first-order chi connectivity index (χ1) is 9.19. The van der Waals surface area contributed by atoms with Crippen LogP contribution in [0.1, 0.15) is 5.56 Å². The molecule has 4 nitrogen and oxygen atoms in total. The zero-order chi connectivity index (χ0) is 13.4. The van der Waals surface area contributed by atoms with E-state index in [9.17, 15) is 0 Å². The van der Waals surface area contributed by atoms with Crippen LogP contribution in [0.3, 0.4) is 0 Å². The number of rotatable bonds is 2. The first-order valence-electron chi connectivity index (χ1n) is 6.08. The van der Waals surface area contributed by atoms with E-state index in [2.05, 4.69) is 24.0 Å². The average molecular weight is 253 g/mol. The van der Waals surface area contributed by atoms with Crippen LogP contribution in [0.2, 0.25) is 0 Å². The van der Waals surface area contributed by atoms with Gasteiger partial charge in [0.25, 0.3) is 0 Å². The molecular formula is C15H15N3O. The smallest absolute Gasteiger partial charge is 0.205 e. The number of anilines is 1. The number of nitrogen functional groups attached to an aromatic ring is 1. The molecule has 0 unspecified atom stereocenters. The van der Waals surface area contributed by atoms with Crippen LogP contribution in [0.15, 0.2) is 42.5 Å². The molecule has 0 radical (unpaired) electrons. The summed E-state index contributed by atoms with van der Waals surface area (Å²) in [7, 11) is 1.64. The zero-order valence-electron chi connectivity index (χ0n) is 10.9. The molecular weight excluding hydrogens is 238 g/mol. The second-order valence-corrected chi connectivity index (χ2v) is 4.50. The van der Waals surface area contributed by atoms with Gasteiger partial charge in [-0.3, -0.25) is 4.57 Å². The summed E-state index contributed by atoms with van der Waals surface area (Å²) in [6, 6.07) is 13.9. The van der Waals surface area contributed by atoms with Crippen LogP contribution in [-0.4, -0.2) is 16.7 Å². The van der Waals surface area contributed by atoms with Gasteiger partial charge in [0.1, 0.15) is 5.75 Å². The third-order valence-electron chi connectivity index (χ3n) is 3.15. The third kappa shape index (κ3) is 1.91. The molecule has 4 heteroatoms. The van der Waals surface area contributed by atoms with Crippen LogP contribution in [0.4, 0.5) is 5.95 Å². The second-order valence-electron chi connectivity index (χ2n) is 4.50. The molecule has 0 amide bonds. The van der Waals surface area contributed by atoms with Crippen molar-refractivity contribution < 1.29 is 4.74 Å². The Morgan fingerprint density at radius 2 is 2.00 bits per heavy atom. The fourth-order valence-electron chi connectivity index (χ4n) is 2.24. The highest BCUT2D eigenvalue weighted by Crippen LogP contribution is 2.26. The third-order valence-corrected chi connectivity index (χ3v) is 3.15. The molecule has 2 aromatic carbocycles. The van der Waals surface area contributed by atoms with E-state index in [4.69, 9.17) is 10.5 Å². The summed E-state index contributed by atoms with van der Waals surface area (Å²) in [6.07, 6.45) is 0. The van der Waals surface area contributed by atoms with Crippen LogP contribution < -0.4 is 10.5 Å². The molecule has 0 saturated heterocycles. The Bertz CT molecular complexity index is 746. The van der Waals surface area contributed by atoms with Crippen molar-refractivity contribution in [3.63, 3.8) is 0 Å². The fraction of sp³-hybridized carbons (Fsp3) is 0.133. The molecule has 1 heterocycles. The van der Waals surface area contributed by atoms with Gasteiger partial charge in [0.15, 0.2) is 0 Å². The van der Waals surface area contributed by atoms with Gasteiger partial charge in [-0.05, 0) is 36.8 Å². The predicted octanol–water partition coefficient (Wildman–Crippen LogP) is 2.92. The number of methoxy groups -OCH3 is 1. The normalized spacial score (nSPS) is 10.8. The largest absolute Gasteiger partial charge is 0.497 e. The van der Waals surface area contributed by atoms with E-state index in [1.165, 1.54) is 5.56 Å². The molecule has 1 aromatic heterocycles. The molecule has 96 valence electrons. The van der Waals surface area contributed by atoms with E-state index >= 15 is 0 Å². The van der Waals surface area contributed by atoms with E-state index in [1.807, 2.05) is 34.9 Å². The predicted molar refractivity (Wildman–Crippen MR) is 76.8 cm³/mol. The number of nitrogens with zero attached hydrogens (tertiary/aromatic N) is 2. The maximum Gasteiger partial charge on any atom is 0.205 e. The Balaban J connectivity index is 2.26. The van der Waals surface area contributed by atoms with E-state index in [-0.39, 0.29) is 0 Å². The van der Waals surface area contributed by atoms with Crippen molar-refractivity contribution in [3.8, 4) is 11.4 Å². The molecule has 0 aliphatic carbocycles. The van der Waals surface area contributed by atoms with E-state index in [0.29, 0.717) is 5.95 Å². The number of imidazole rings is 1. The molecule has 3 rings (SSSR count). The first kappa shape index (κ1) is 11.6. The molecule has 2 N–H and O–H groups in total. The van der Waals surface area contributed by atoms with Crippen molar-refractivity contribution in [1.82, 2.24) is 9.55 Å². The Kier molecular flexibility index (Phi) is 2.63. The lowest BCUT2D eigenvalue weighted by molar-refractivity contribution is 0.415. The lowest BCUT2D eigenvalue weighted by Gasteiger charge is -2.07. The number of benzene rings is 2. The Hall–Kier alpha value is -2.49. The van der Waals surface area contributed by atoms with E-state index in [0.717, 1.165) is 22.5 Å². The molecule has 0 bridgehead atoms. The minimum Gasteiger partial charge on any atom is -0.497 e. The molecule has 0 atom stereocenters. The zero-order valence-corrected chi connectivity index (χ0v) is 10.9. The number of ether oxygens (including phenoxy) is 1. The number of hydrogen-bond donors (Lipinski definition) is 1. The van der Waals surface area contributed by atoms with Crippen molar-refractivity contribution >= 4 is 17.0 Å². The topological polar surface area (TPSA) is 53.1 Å². The molecule has 3 aromatic rings. The van der Waals surface area contributed by atoms with Gasteiger partial charge >= 0.3 is 0 Å². The van der Waals surface area contributed by atoms with Gasteiger partial charge in [-0.1, -0.05) is 12.1 Å². The number of aryl methyl sites for hydroxylation is 1. The minimum absolute atomic E-state index is 0.480. The maximum atomic E-state index is 6.04. The van der Waals surface area contributed by atoms with Crippen molar-refractivity contribution in [2.45, 2.75) is 6.92 Å². The van der Waals surface area contributed by atoms with Crippen molar-refractivity contribution in [3.05, 3.63) is 48.0 Å². The Labute approximate surface area is 111 Å². The first-order valence-corrected chi connectivity index (χ1v) is 6.08. The summed E-state index contributed by atoms with van der Waals surface area (Å²) < 4.78 is 7.15. The van der Waals surface area contributed by atoms with Gasteiger partial charge in [0.05, 0.1) is 18.1 Å². The summed E-state index contributed by atoms with van der Waals surface area (Å²) in [5, 5.41) is 0. The lowest BCUT2D eigenvalue weighted by Crippen LogP contribution is -2.00. The number of hydrogen-bond acceptors (Lipinski definition) is 3. The van der Waals surface area contributed by atoms with Crippen LogP contribution in [-0.2, 0) is 0 Å². The van der Waals surface area contributed by atoms with Crippen molar-refractivity contribution in [2.24, 2.45) is 0 Å². The molecule has 0 fully saturated rings. The highest BCUT2D eigenvalue weighted by atomic mass is 16.5. The summed E-state index contributed by atoms with van der Waals surface area (Å²) in [6.45, 7) is 2.06. The van der Waals surface area contributed by atoms with Crippen LogP contribution in [0.5, 0.6) is 5.75 Å². The Morgan fingerprint density at radius 1 is 1.16 bits per heavy atom. The van der Waals surface area contributed by atoms with E-state index < -0.39 is 0 Å². The summed E-state index contributed by atoms with van der Waals surface area (Å²) >= 11 is 0. The molecule has 0 aliphatic heterocycles. The van der Waals surface area contributed by atoms with Crippen LogP contribution in [0, 0.1) is 6.92 Å². The fourth-order valence-corrected chi connectivity index (χ4v) is 2.24. The van der Waals surface area contributed by atoms with Gasteiger partial charge in [-0.25, -0.2) is 4.98 Å². The second kappa shape index (κ2) is 4.31. The molecule has 0 spiro atoms. The Morgan fingerprint density at radius 3 is 2.74 bits per heavy atom. The van der Waals surface area contributed by atoms with Crippen LogP contribution >= 0.6 is 0 Å². The average Bonchev–Trinajstić information content (AvgIpc) is 2.73. The van der Waals surface area contributed by atoms with Gasteiger partial charge in [-0.2, -0.15) is 0 Å². The highest BCUT2D eigenvalue weighted by molar-refractivity contribution is 5.82. The maximum absolute atomic E-state index is 6.04. The number of aromatic nitrogens is 2. The molecule has 0 saturated carbocycles. The van der Waals surface area contributed by atoms with Gasteiger partial charge in [0.2, 0.25) is 5.95 Å². The SMILES string of the molecule is COc1ccc2c(c1)nc(N)n2-c1cccc(C)c1. The molecule has 19 heavy (non-hydrogen) atoms. The number of fused-ring (bicyclic) bond motifs is 1. The highest BCUT2D eigenvalue weighted by Gasteiger charge is 2.10. The van der Waals surface area contributed by atoms with Crippen molar-refractivity contribution in [2.75, 3.05) is 12.8 Å². The van der Waals surface area contributed by atoms with E-state index in [1.54, 1.807) is 7.11 Å². The number of nitrogens with two attached hydrogens (primary N) is 1. The van der Waals surface area contributed by atoms with Gasteiger partial charge in [-0.15, -0.1) is 0 Å². The van der Waals surface area contributed by atoms with Gasteiger partial charge in [0, 0.05) is 11.8 Å². The summed E-state index contributed by atoms with van der Waals surface area (Å²) in [5.74, 6) is 1.26. The summed E-state index contributed by atoms with van der Waals surface area (Å²) in [5.41, 5.74) is 10.1. The standard InChI is InChI=1S/C15H15N3O/c1-10-4-3-5-11(8-10)18-14-7-6-12(19-2)9-13(14)17-15(18)16/h3-9H,1-2H3,(H2,16,17). The summed E-state index contributed by atoms with van der Waals surface area (Å²) in [4.78, 5) is 4.39. The van der Waals surface area contributed by atoms with Crippen LogP contribution in [0.25, 0.3) is 16.7 Å².